The average molecular weight is 450 g/mol. The van der Waals surface area contributed by atoms with Gasteiger partial charge in [0.05, 0.1) is 27.0 Å². The number of hydrogen-bond donors (Lipinski definition) is 0. The molecule has 0 atom stereocenters. The van der Waals surface area contributed by atoms with E-state index in [1.54, 1.807) is 33.5 Å². The van der Waals surface area contributed by atoms with Gasteiger partial charge in [-0.15, -0.1) is 10.2 Å². The number of methoxy groups -OCH3 is 2. The predicted octanol–water partition coefficient (Wildman–Crippen LogP) is 5.10. The maximum Gasteiger partial charge on any atom is 0.192 e. The molecule has 0 aliphatic rings. The van der Waals surface area contributed by atoms with E-state index in [4.69, 9.17) is 13.9 Å². The molecule has 0 aliphatic carbocycles. The maximum atomic E-state index is 11.8. The quantitative estimate of drug-likeness (QED) is 0.260. The Bertz CT molecular complexity index is 1220. The maximum absolute atomic E-state index is 11.8. The summed E-state index contributed by atoms with van der Waals surface area (Å²) in [6.07, 6.45) is 1.65. The molecular weight excluding hydrogens is 426 g/mol. The molecule has 7 nitrogen and oxygen atoms in total. The van der Waals surface area contributed by atoms with Gasteiger partial charge in [0.1, 0.15) is 17.3 Å². The van der Waals surface area contributed by atoms with E-state index in [9.17, 15) is 4.79 Å². The summed E-state index contributed by atoms with van der Waals surface area (Å²) in [6.45, 7) is 2.04. The van der Waals surface area contributed by atoms with Crippen LogP contribution in [0.5, 0.6) is 11.5 Å². The number of hydrogen-bond acceptors (Lipinski definition) is 7. The number of furan rings is 1. The van der Waals surface area contributed by atoms with Gasteiger partial charge in [0.25, 0.3) is 0 Å². The van der Waals surface area contributed by atoms with E-state index in [2.05, 4.69) is 10.2 Å². The fraction of sp³-hybridized carbons (Fsp3) is 0.208. The number of rotatable bonds is 9. The minimum Gasteiger partial charge on any atom is -0.497 e. The van der Waals surface area contributed by atoms with E-state index in [0.717, 1.165) is 33.5 Å². The van der Waals surface area contributed by atoms with Crippen LogP contribution in [0.25, 0.3) is 11.4 Å². The monoisotopic (exact) mass is 449 g/mol. The van der Waals surface area contributed by atoms with Crippen molar-refractivity contribution in [3.63, 3.8) is 0 Å². The molecule has 0 fully saturated rings. The molecule has 8 heteroatoms. The lowest BCUT2D eigenvalue weighted by atomic mass is 10.1. The molecule has 0 saturated carbocycles. The number of ether oxygens (including phenoxy) is 2. The van der Waals surface area contributed by atoms with Gasteiger partial charge in [-0.2, -0.15) is 0 Å². The van der Waals surface area contributed by atoms with Crippen LogP contribution in [0, 0.1) is 0 Å². The van der Waals surface area contributed by atoms with E-state index in [-0.39, 0.29) is 5.78 Å². The van der Waals surface area contributed by atoms with Crippen molar-refractivity contribution in [1.82, 2.24) is 14.8 Å². The summed E-state index contributed by atoms with van der Waals surface area (Å²) in [6, 6.07) is 16.9. The first-order valence-corrected chi connectivity index (χ1v) is 11.0. The van der Waals surface area contributed by atoms with Gasteiger partial charge in [0.15, 0.2) is 16.8 Å². The lowest BCUT2D eigenvalue weighted by Gasteiger charge is -2.11. The molecule has 2 heterocycles. The first kappa shape index (κ1) is 21.7. The van der Waals surface area contributed by atoms with Crippen LogP contribution in [-0.2, 0) is 12.3 Å². The van der Waals surface area contributed by atoms with E-state index >= 15 is 0 Å². The molecule has 164 valence electrons. The first-order chi connectivity index (χ1) is 15.6. The smallest absolute Gasteiger partial charge is 0.192 e. The molecule has 4 aromatic rings. The normalized spacial score (nSPS) is 10.8. The topological polar surface area (TPSA) is 79.4 Å². The van der Waals surface area contributed by atoms with Crippen molar-refractivity contribution >= 4 is 17.5 Å². The van der Waals surface area contributed by atoms with Crippen molar-refractivity contribution < 1.29 is 18.7 Å². The molecule has 32 heavy (non-hydrogen) atoms. The molecule has 0 unspecified atom stereocenters. The molecule has 0 saturated heterocycles. The molecule has 2 aromatic carbocycles. The van der Waals surface area contributed by atoms with Crippen molar-refractivity contribution in [2.75, 3.05) is 14.2 Å². The van der Waals surface area contributed by atoms with Gasteiger partial charge in [-0.1, -0.05) is 23.9 Å². The summed E-state index contributed by atoms with van der Waals surface area (Å²) in [5, 5.41) is 9.63. The Morgan fingerprint density at radius 1 is 1.06 bits per heavy atom. The summed E-state index contributed by atoms with van der Waals surface area (Å²) in [7, 11) is 3.26. The zero-order valence-corrected chi connectivity index (χ0v) is 18.9. The highest BCUT2D eigenvalue weighted by molar-refractivity contribution is 7.98. The summed E-state index contributed by atoms with van der Waals surface area (Å²) < 4.78 is 18.4. The predicted molar refractivity (Wildman–Crippen MR) is 122 cm³/mol. The molecule has 0 bridgehead atoms. The lowest BCUT2D eigenvalue weighted by Crippen LogP contribution is -2.04. The van der Waals surface area contributed by atoms with Crippen LogP contribution in [0.1, 0.15) is 28.6 Å². The standard InChI is InChI=1S/C24H23N3O4S/c1-16(28)17-9-10-22(30-3)19(12-17)15-32-24-26-25-23(18-6-4-7-20(13-18)29-2)27(24)14-21-8-5-11-31-21/h4-13H,14-15H2,1-3H3. The van der Waals surface area contributed by atoms with Crippen LogP contribution in [0.4, 0.5) is 0 Å². The highest BCUT2D eigenvalue weighted by Crippen LogP contribution is 2.31. The molecule has 2 aromatic heterocycles. The molecule has 0 spiro atoms. The van der Waals surface area contributed by atoms with E-state index in [1.165, 1.54) is 11.8 Å². The minimum atomic E-state index is 0.0141. The van der Waals surface area contributed by atoms with Gasteiger partial charge >= 0.3 is 0 Å². The largest absolute Gasteiger partial charge is 0.497 e. The van der Waals surface area contributed by atoms with Gasteiger partial charge in [0, 0.05) is 22.4 Å². The van der Waals surface area contributed by atoms with Crippen molar-refractivity contribution in [3.8, 4) is 22.9 Å². The van der Waals surface area contributed by atoms with Crippen LogP contribution in [-0.4, -0.2) is 34.8 Å². The number of carbonyl (C=O) groups excluding carboxylic acids is 1. The number of benzene rings is 2. The highest BCUT2D eigenvalue weighted by atomic mass is 32.2. The van der Waals surface area contributed by atoms with Gasteiger partial charge in [-0.3, -0.25) is 9.36 Å². The number of thioether (sulfide) groups is 1. The van der Waals surface area contributed by atoms with Crippen molar-refractivity contribution in [2.45, 2.75) is 24.4 Å². The average Bonchev–Trinajstić information content (AvgIpc) is 3.48. The van der Waals surface area contributed by atoms with Crippen LogP contribution < -0.4 is 9.47 Å². The molecule has 4 rings (SSSR count). The highest BCUT2D eigenvalue weighted by Gasteiger charge is 2.17. The summed E-state index contributed by atoms with van der Waals surface area (Å²) in [4.78, 5) is 11.8. The van der Waals surface area contributed by atoms with E-state index < -0.39 is 0 Å². The van der Waals surface area contributed by atoms with Crippen LogP contribution in [0.15, 0.2) is 70.4 Å². The molecule has 0 N–H and O–H groups in total. The zero-order valence-electron chi connectivity index (χ0n) is 18.1. The van der Waals surface area contributed by atoms with Crippen LogP contribution in [0.3, 0.4) is 0 Å². The zero-order chi connectivity index (χ0) is 22.5. The number of ketones is 1. The Morgan fingerprint density at radius 3 is 2.66 bits per heavy atom. The van der Waals surface area contributed by atoms with Gasteiger partial charge in [-0.05, 0) is 49.4 Å². The number of aromatic nitrogens is 3. The molecule has 0 aliphatic heterocycles. The second-order valence-electron chi connectivity index (χ2n) is 7.08. The fourth-order valence-corrected chi connectivity index (χ4v) is 4.24. The fourth-order valence-electron chi connectivity index (χ4n) is 3.32. The Kier molecular flexibility index (Phi) is 6.61. The van der Waals surface area contributed by atoms with Crippen LogP contribution >= 0.6 is 11.8 Å². The summed E-state index contributed by atoms with van der Waals surface area (Å²) >= 11 is 1.52. The Labute approximate surface area is 190 Å². The SMILES string of the molecule is COc1cccc(-c2nnc(SCc3cc(C(C)=O)ccc3OC)n2Cc2ccco2)c1. The van der Waals surface area contributed by atoms with Crippen molar-refractivity contribution in [1.29, 1.82) is 0 Å². The third-order valence-electron chi connectivity index (χ3n) is 4.98. The Hall–Kier alpha value is -3.52. The van der Waals surface area contributed by atoms with Gasteiger partial charge in [0.2, 0.25) is 0 Å². The van der Waals surface area contributed by atoms with Crippen molar-refractivity contribution in [3.05, 3.63) is 77.7 Å². The summed E-state index contributed by atoms with van der Waals surface area (Å²) in [5.74, 6) is 3.57. The number of Topliss-reactive ketones (excluding diaryl/α,β-unsaturated/α-hetero) is 1. The van der Waals surface area contributed by atoms with E-state index in [1.807, 2.05) is 53.1 Å². The van der Waals surface area contributed by atoms with Crippen LogP contribution in [0.2, 0.25) is 0 Å². The number of nitrogens with zero attached hydrogens (tertiary/aromatic N) is 3. The molecule has 0 radical (unpaired) electrons. The first-order valence-electron chi connectivity index (χ1n) is 9.99. The van der Waals surface area contributed by atoms with Crippen molar-refractivity contribution in [2.24, 2.45) is 0 Å². The van der Waals surface area contributed by atoms with E-state index in [0.29, 0.717) is 23.7 Å². The van der Waals surface area contributed by atoms with Gasteiger partial charge in [-0.25, -0.2) is 0 Å². The second-order valence-corrected chi connectivity index (χ2v) is 8.02. The van der Waals surface area contributed by atoms with Gasteiger partial charge < -0.3 is 13.9 Å². The lowest BCUT2D eigenvalue weighted by molar-refractivity contribution is 0.101. The minimum absolute atomic E-state index is 0.0141. The molecule has 0 amide bonds. The second kappa shape index (κ2) is 9.74. The molecular formula is C24H23N3O4S. The third kappa shape index (κ3) is 4.70. The Balaban J connectivity index is 1.67. The Morgan fingerprint density at radius 2 is 1.94 bits per heavy atom. The summed E-state index contributed by atoms with van der Waals surface area (Å²) in [5.41, 5.74) is 2.46. The third-order valence-corrected chi connectivity index (χ3v) is 6.00. The number of carbonyl (C=O) groups is 1.